The zero-order chi connectivity index (χ0) is 21.0. The smallest absolute Gasteiger partial charge is 0.341 e. The minimum absolute atomic E-state index is 0.0432. The number of benzene rings is 1. The van der Waals surface area contributed by atoms with Gasteiger partial charge in [0, 0.05) is 38.4 Å². The molecule has 8 nitrogen and oxygen atoms in total. The van der Waals surface area contributed by atoms with Crippen LogP contribution in [-0.2, 0) is 4.74 Å². The molecule has 9 heteroatoms. The van der Waals surface area contributed by atoms with Gasteiger partial charge in [0.15, 0.2) is 11.6 Å². The van der Waals surface area contributed by atoms with Gasteiger partial charge < -0.3 is 24.0 Å². The summed E-state index contributed by atoms with van der Waals surface area (Å²) < 4.78 is 28.4. The molecule has 1 unspecified atom stereocenters. The van der Waals surface area contributed by atoms with Gasteiger partial charge in [-0.15, -0.1) is 0 Å². The number of morpholine rings is 1. The second kappa shape index (κ2) is 7.24. The summed E-state index contributed by atoms with van der Waals surface area (Å²) in [7, 11) is 0. The Morgan fingerprint density at radius 3 is 2.77 bits per heavy atom. The van der Waals surface area contributed by atoms with Crippen LogP contribution in [0.5, 0.6) is 5.75 Å². The number of ether oxygens (including phenoxy) is 2. The Kier molecular flexibility index (Phi) is 4.67. The van der Waals surface area contributed by atoms with Crippen molar-refractivity contribution in [2.45, 2.75) is 25.4 Å². The van der Waals surface area contributed by atoms with Gasteiger partial charge >= 0.3 is 5.97 Å². The highest BCUT2D eigenvalue weighted by Crippen LogP contribution is 2.43. The van der Waals surface area contributed by atoms with Crippen LogP contribution in [0.2, 0.25) is 0 Å². The molecule has 0 aliphatic carbocycles. The summed E-state index contributed by atoms with van der Waals surface area (Å²) in [4.78, 5) is 28.6. The fraction of sp³-hybridized carbons (Fsp3) is 0.524. The van der Waals surface area contributed by atoms with E-state index in [1.54, 1.807) is 4.57 Å². The lowest BCUT2D eigenvalue weighted by atomic mass is 10.1. The Hall–Kier alpha value is -2.65. The molecular formula is C21H24FN3O5. The molecule has 2 fully saturated rings. The fourth-order valence-corrected chi connectivity index (χ4v) is 4.84. The van der Waals surface area contributed by atoms with Gasteiger partial charge in [0.25, 0.3) is 0 Å². The van der Waals surface area contributed by atoms with Crippen molar-refractivity contribution >= 4 is 22.6 Å². The number of halogens is 1. The van der Waals surface area contributed by atoms with E-state index >= 15 is 4.39 Å². The normalized spacial score (nSPS) is 24.3. The summed E-state index contributed by atoms with van der Waals surface area (Å²) >= 11 is 0. The minimum Gasteiger partial charge on any atom is -0.487 e. The molecular weight excluding hydrogens is 393 g/mol. The highest BCUT2D eigenvalue weighted by molar-refractivity contribution is 5.97. The second-order valence-corrected chi connectivity index (χ2v) is 8.21. The van der Waals surface area contributed by atoms with Gasteiger partial charge in [-0.05, 0) is 19.4 Å². The number of hydrogen-bond donors (Lipinski definition) is 1. The summed E-state index contributed by atoms with van der Waals surface area (Å²) in [6, 6.07) is 1.31. The number of pyridine rings is 1. The molecule has 30 heavy (non-hydrogen) atoms. The molecule has 1 aromatic carbocycles. The maximum atomic E-state index is 15.3. The van der Waals surface area contributed by atoms with Crippen molar-refractivity contribution in [3.8, 4) is 5.75 Å². The highest BCUT2D eigenvalue weighted by atomic mass is 19.1. The first kappa shape index (κ1) is 19.3. The summed E-state index contributed by atoms with van der Waals surface area (Å²) in [5, 5.41) is 9.45. The first-order chi connectivity index (χ1) is 14.5. The van der Waals surface area contributed by atoms with Gasteiger partial charge in [0.05, 0.1) is 30.2 Å². The number of carboxylic acids is 1. The zero-order valence-corrected chi connectivity index (χ0v) is 16.8. The number of aromatic carboxylic acids is 1. The number of aromatic nitrogens is 1. The molecule has 0 spiro atoms. The van der Waals surface area contributed by atoms with Crippen LogP contribution in [0.3, 0.4) is 0 Å². The van der Waals surface area contributed by atoms with E-state index < -0.39 is 17.2 Å². The number of anilines is 1. The van der Waals surface area contributed by atoms with Crippen LogP contribution in [0.25, 0.3) is 10.9 Å². The van der Waals surface area contributed by atoms with Crippen LogP contribution in [0.1, 0.15) is 29.7 Å². The van der Waals surface area contributed by atoms with Crippen molar-refractivity contribution in [1.82, 2.24) is 9.47 Å². The molecule has 0 radical (unpaired) electrons. The van der Waals surface area contributed by atoms with Gasteiger partial charge in [0.2, 0.25) is 5.43 Å². The molecule has 3 aliphatic heterocycles. The van der Waals surface area contributed by atoms with E-state index in [9.17, 15) is 14.7 Å². The van der Waals surface area contributed by atoms with Crippen molar-refractivity contribution in [1.29, 1.82) is 0 Å². The maximum Gasteiger partial charge on any atom is 0.341 e. The van der Waals surface area contributed by atoms with E-state index in [1.807, 2.05) is 11.8 Å². The predicted molar refractivity (Wildman–Crippen MR) is 108 cm³/mol. The van der Waals surface area contributed by atoms with Crippen molar-refractivity contribution in [3.05, 3.63) is 33.9 Å². The van der Waals surface area contributed by atoms with Crippen molar-refractivity contribution < 1.29 is 23.8 Å². The van der Waals surface area contributed by atoms with Crippen LogP contribution < -0.4 is 15.1 Å². The average Bonchev–Trinajstić information content (AvgIpc) is 3.22. The molecule has 1 N–H and O–H groups in total. The second-order valence-electron chi connectivity index (χ2n) is 8.21. The van der Waals surface area contributed by atoms with Crippen LogP contribution >= 0.6 is 0 Å². The summed E-state index contributed by atoms with van der Waals surface area (Å²) in [5.74, 6) is -1.54. The monoisotopic (exact) mass is 417 g/mol. The molecule has 160 valence electrons. The zero-order valence-electron chi connectivity index (χ0n) is 16.8. The fourth-order valence-electron chi connectivity index (χ4n) is 4.84. The third-order valence-electron chi connectivity index (χ3n) is 6.41. The Bertz CT molecular complexity index is 1080. The third kappa shape index (κ3) is 2.95. The maximum absolute atomic E-state index is 15.3. The molecule has 5 rings (SSSR count). The number of carboxylic acid groups (broad SMARTS) is 1. The van der Waals surface area contributed by atoms with Gasteiger partial charge in [-0.25, -0.2) is 9.18 Å². The molecule has 2 atom stereocenters. The number of carbonyl (C=O) groups is 1. The first-order valence-corrected chi connectivity index (χ1v) is 10.3. The molecule has 0 saturated carbocycles. The number of hydrogen-bond acceptors (Lipinski definition) is 6. The molecule has 3 aliphatic rings. The molecule has 1 aromatic heterocycles. The van der Waals surface area contributed by atoms with Crippen LogP contribution in [0, 0.1) is 5.82 Å². The molecule has 4 heterocycles. The molecule has 2 saturated heterocycles. The average molecular weight is 417 g/mol. The van der Waals surface area contributed by atoms with Gasteiger partial charge in [-0.3, -0.25) is 9.69 Å². The van der Waals surface area contributed by atoms with Gasteiger partial charge in [-0.1, -0.05) is 0 Å². The third-order valence-corrected chi connectivity index (χ3v) is 6.41. The molecule has 2 aromatic rings. The predicted octanol–water partition coefficient (Wildman–Crippen LogP) is 1.70. The van der Waals surface area contributed by atoms with Gasteiger partial charge in [-0.2, -0.15) is 0 Å². The molecule has 0 bridgehead atoms. The first-order valence-electron chi connectivity index (χ1n) is 10.3. The Labute approximate surface area is 172 Å². The summed E-state index contributed by atoms with van der Waals surface area (Å²) in [6.07, 6.45) is 2.27. The van der Waals surface area contributed by atoms with E-state index in [4.69, 9.17) is 9.47 Å². The van der Waals surface area contributed by atoms with E-state index in [0.717, 1.165) is 19.5 Å². The Balaban J connectivity index is 1.61. The molecule has 0 amide bonds. The van der Waals surface area contributed by atoms with E-state index in [0.29, 0.717) is 49.3 Å². The van der Waals surface area contributed by atoms with Crippen molar-refractivity contribution in [2.75, 3.05) is 50.9 Å². The topological polar surface area (TPSA) is 84.2 Å². The van der Waals surface area contributed by atoms with Crippen LogP contribution in [-0.4, -0.2) is 72.6 Å². The lowest BCUT2D eigenvalue weighted by Gasteiger charge is -2.33. The Morgan fingerprint density at radius 1 is 1.27 bits per heavy atom. The van der Waals surface area contributed by atoms with Gasteiger partial charge in [0.1, 0.15) is 17.9 Å². The van der Waals surface area contributed by atoms with E-state index in [-0.39, 0.29) is 23.6 Å². The summed E-state index contributed by atoms with van der Waals surface area (Å²) in [6.45, 7) is 6.69. The lowest BCUT2D eigenvalue weighted by molar-refractivity contribution is 0.0209. The number of nitrogens with zero attached hydrogens (tertiary/aromatic N) is 3. The van der Waals surface area contributed by atoms with E-state index in [2.05, 4.69) is 4.90 Å². The van der Waals surface area contributed by atoms with Crippen molar-refractivity contribution in [2.24, 2.45) is 0 Å². The number of rotatable bonds is 3. The highest BCUT2D eigenvalue weighted by Gasteiger charge is 2.35. The standard InChI is InChI=1S/C21H24FN3O5/c1-12-11-30-20-17-14(19(26)15(21(27)28)10-25(12)17)8-16(22)18(20)24-3-2-13(9-24)23-4-6-29-7-5-23/h8,10,12-13H,2-7,9,11H2,1H3,(H,27,28)/t12-,13?/m0/s1. The minimum atomic E-state index is -1.32. The van der Waals surface area contributed by atoms with Crippen LogP contribution in [0.4, 0.5) is 10.1 Å². The lowest BCUT2D eigenvalue weighted by Crippen LogP contribution is -2.44. The quantitative estimate of drug-likeness (QED) is 0.814. The van der Waals surface area contributed by atoms with E-state index in [1.165, 1.54) is 12.3 Å². The largest absolute Gasteiger partial charge is 0.487 e. The van der Waals surface area contributed by atoms with Crippen LogP contribution in [0.15, 0.2) is 17.1 Å². The Morgan fingerprint density at radius 2 is 2.03 bits per heavy atom. The summed E-state index contributed by atoms with van der Waals surface area (Å²) in [5.41, 5.74) is -0.218. The SMILES string of the molecule is C[C@H]1COc2c(N3CCC(N4CCOCC4)C3)c(F)cc3c(=O)c(C(=O)O)cn1c23. The van der Waals surface area contributed by atoms with Crippen molar-refractivity contribution in [3.63, 3.8) is 0 Å².